The number of hydrogen-bond donors (Lipinski definition) is 2. The molecule has 1 amide bonds. The van der Waals surface area contributed by atoms with Crippen LogP contribution in [0.3, 0.4) is 0 Å². The largest absolute Gasteiger partial charge is 0.394 e. The molecule has 0 spiro atoms. The first kappa shape index (κ1) is 14.1. The van der Waals surface area contributed by atoms with Crippen molar-refractivity contribution in [2.45, 2.75) is 51.5 Å². The number of aliphatic hydroxyl groups is 1. The number of nitrogens with one attached hydrogen (secondary N) is 1. The first-order valence-corrected chi connectivity index (χ1v) is 6.67. The van der Waals surface area contributed by atoms with Crippen LogP contribution in [0.25, 0.3) is 0 Å². The summed E-state index contributed by atoms with van der Waals surface area (Å²) in [5.74, 6) is 0.743. The highest BCUT2D eigenvalue weighted by molar-refractivity contribution is 5.92. The van der Waals surface area contributed by atoms with Crippen molar-refractivity contribution in [3.63, 3.8) is 0 Å². The van der Waals surface area contributed by atoms with E-state index in [0.717, 1.165) is 12.8 Å². The van der Waals surface area contributed by atoms with Gasteiger partial charge in [-0.2, -0.15) is 0 Å². The summed E-state index contributed by atoms with van der Waals surface area (Å²) < 4.78 is 5.20. The molecule has 1 unspecified atom stereocenters. The summed E-state index contributed by atoms with van der Waals surface area (Å²) in [5, 5.41) is 16.2. The van der Waals surface area contributed by atoms with Crippen LogP contribution in [0.2, 0.25) is 0 Å². The zero-order chi connectivity index (χ0) is 14.3. The zero-order valence-electron chi connectivity index (χ0n) is 12.0. The molecule has 0 aliphatic heterocycles. The second-order valence-electron chi connectivity index (χ2n) is 6.63. The molecule has 1 aliphatic rings. The van der Waals surface area contributed by atoms with E-state index in [-0.39, 0.29) is 23.6 Å². The summed E-state index contributed by atoms with van der Waals surface area (Å²) >= 11 is 0. The van der Waals surface area contributed by atoms with Crippen LogP contribution in [0.5, 0.6) is 0 Å². The Morgan fingerprint density at radius 3 is 2.53 bits per heavy atom. The monoisotopic (exact) mass is 266 g/mol. The maximum Gasteiger partial charge on any atom is 0.273 e. The summed E-state index contributed by atoms with van der Waals surface area (Å²) in [6, 6.07) is 1.67. The smallest absolute Gasteiger partial charge is 0.273 e. The van der Waals surface area contributed by atoms with Crippen LogP contribution in [-0.4, -0.2) is 28.3 Å². The molecule has 106 valence electrons. The van der Waals surface area contributed by atoms with Gasteiger partial charge < -0.3 is 14.9 Å². The Labute approximate surface area is 113 Å². The van der Waals surface area contributed by atoms with Gasteiger partial charge in [0.2, 0.25) is 0 Å². The molecule has 2 N–H and O–H groups in total. The average molecular weight is 266 g/mol. The Kier molecular flexibility index (Phi) is 3.43. The summed E-state index contributed by atoms with van der Waals surface area (Å²) in [6.45, 7) is 7.80. The van der Waals surface area contributed by atoms with Crippen molar-refractivity contribution in [2.24, 2.45) is 5.92 Å². The molecule has 0 bridgehead atoms. The minimum absolute atomic E-state index is 0.0621. The van der Waals surface area contributed by atoms with E-state index in [0.29, 0.717) is 11.7 Å². The van der Waals surface area contributed by atoms with Crippen molar-refractivity contribution in [1.82, 2.24) is 10.5 Å². The lowest BCUT2D eigenvalue weighted by atomic mass is 9.93. The first-order valence-electron chi connectivity index (χ1n) is 6.67. The van der Waals surface area contributed by atoms with Crippen molar-refractivity contribution in [1.29, 1.82) is 0 Å². The summed E-state index contributed by atoms with van der Waals surface area (Å²) in [4.78, 5) is 12.1. The van der Waals surface area contributed by atoms with Gasteiger partial charge in [-0.15, -0.1) is 0 Å². The van der Waals surface area contributed by atoms with Crippen LogP contribution in [0, 0.1) is 5.92 Å². The minimum Gasteiger partial charge on any atom is -0.394 e. The first-order chi connectivity index (χ1) is 8.76. The van der Waals surface area contributed by atoms with Gasteiger partial charge in [0.15, 0.2) is 5.69 Å². The highest BCUT2D eigenvalue weighted by atomic mass is 16.5. The topological polar surface area (TPSA) is 75.4 Å². The molecule has 1 atom stereocenters. The second kappa shape index (κ2) is 4.63. The van der Waals surface area contributed by atoms with E-state index < -0.39 is 5.54 Å². The van der Waals surface area contributed by atoms with Crippen LogP contribution in [0.1, 0.15) is 56.8 Å². The molecule has 0 saturated heterocycles. The van der Waals surface area contributed by atoms with E-state index in [2.05, 4.69) is 10.5 Å². The maximum atomic E-state index is 12.1. The number of aliphatic hydroxyl groups excluding tert-OH is 1. The standard InChI is InChI=1S/C14H22N2O3/c1-13(2,3)11-7-10(16-19-11)12(18)15-14(4,8-17)9-5-6-9/h7,9,17H,5-6,8H2,1-4H3,(H,15,18). The Bertz CT molecular complexity index is 471. The van der Waals surface area contributed by atoms with E-state index in [1.807, 2.05) is 27.7 Å². The van der Waals surface area contributed by atoms with Gasteiger partial charge in [-0.3, -0.25) is 4.79 Å². The molecule has 19 heavy (non-hydrogen) atoms. The van der Waals surface area contributed by atoms with Gasteiger partial charge in [-0.25, -0.2) is 0 Å². The number of hydrogen-bond acceptors (Lipinski definition) is 4. The van der Waals surface area contributed by atoms with Gasteiger partial charge in [0.25, 0.3) is 5.91 Å². The van der Waals surface area contributed by atoms with Crippen LogP contribution < -0.4 is 5.32 Å². The SMILES string of the molecule is CC(C)(C)c1cc(C(=O)NC(C)(CO)C2CC2)no1. The number of rotatable bonds is 4. The molecule has 1 aliphatic carbocycles. The third-order valence-corrected chi connectivity index (χ3v) is 3.69. The molecule has 1 fully saturated rings. The minimum atomic E-state index is -0.558. The number of aromatic nitrogens is 1. The fraction of sp³-hybridized carbons (Fsp3) is 0.714. The van der Waals surface area contributed by atoms with Gasteiger partial charge in [0, 0.05) is 11.5 Å². The van der Waals surface area contributed by atoms with Gasteiger partial charge in [0.1, 0.15) is 5.76 Å². The van der Waals surface area contributed by atoms with E-state index >= 15 is 0 Å². The number of nitrogens with zero attached hydrogens (tertiary/aromatic N) is 1. The Balaban J connectivity index is 2.09. The summed E-state index contributed by atoms with van der Waals surface area (Å²) in [7, 11) is 0. The highest BCUT2D eigenvalue weighted by Crippen LogP contribution is 2.39. The van der Waals surface area contributed by atoms with Crippen molar-refractivity contribution in [3.8, 4) is 0 Å². The Morgan fingerprint density at radius 2 is 2.11 bits per heavy atom. The normalized spacial score (nSPS) is 19.0. The van der Waals surface area contributed by atoms with Gasteiger partial charge >= 0.3 is 0 Å². The molecule has 5 nitrogen and oxygen atoms in total. The third kappa shape index (κ3) is 2.97. The maximum absolute atomic E-state index is 12.1. The molecule has 5 heteroatoms. The van der Waals surface area contributed by atoms with Crippen LogP contribution >= 0.6 is 0 Å². The average Bonchev–Trinajstić information content (AvgIpc) is 3.05. The van der Waals surface area contributed by atoms with E-state index in [9.17, 15) is 9.90 Å². The molecule has 0 radical (unpaired) electrons. The molecule has 1 heterocycles. The van der Waals surface area contributed by atoms with Gasteiger partial charge in [0.05, 0.1) is 12.1 Å². The van der Waals surface area contributed by atoms with E-state index in [1.165, 1.54) is 0 Å². The van der Waals surface area contributed by atoms with Crippen molar-refractivity contribution in [3.05, 3.63) is 17.5 Å². The van der Waals surface area contributed by atoms with E-state index in [1.54, 1.807) is 6.07 Å². The van der Waals surface area contributed by atoms with Gasteiger partial charge in [-0.05, 0) is 25.7 Å². The lowest BCUT2D eigenvalue weighted by molar-refractivity contribution is 0.0815. The fourth-order valence-corrected chi connectivity index (χ4v) is 2.05. The highest BCUT2D eigenvalue weighted by Gasteiger charge is 2.42. The molecule has 0 aromatic carbocycles. The zero-order valence-corrected chi connectivity index (χ0v) is 12.0. The quantitative estimate of drug-likeness (QED) is 0.872. The fourth-order valence-electron chi connectivity index (χ4n) is 2.05. The summed E-state index contributed by atoms with van der Waals surface area (Å²) in [6.07, 6.45) is 2.09. The molecular weight excluding hydrogens is 244 g/mol. The molecule has 1 aromatic heterocycles. The van der Waals surface area contributed by atoms with Crippen molar-refractivity contribution < 1.29 is 14.4 Å². The molecule has 2 rings (SSSR count). The van der Waals surface area contributed by atoms with E-state index in [4.69, 9.17) is 4.52 Å². The van der Waals surface area contributed by atoms with Crippen LogP contribution in [-0.2, 0) is 5.41 Å². The van der Waals surface area contributed by atoms with Crippen LogP contribution in [0.4, 0.5) is 0 Å². The second-order valence-corrected chi connectivity index (χ2v) is 6.63. The van der Waals surface area contributed by atoms with Gasteiger partial charge in [-0.1, -0.05) is 25.9 Å². The lowest BCUT2D eigenvalue weighted by Crippen LogP contribution is -2.50. The predicted molar refractivity (Wildman–Crippen MR) is 70.9 cm³/mol. The number of amides is 1. The molecule has 1 aromatic rings. The Morgan fingerprint density at radius 1 is 1.47 bits per heavy atom. The lowest BCUT2D eigenvalue weighted by Gasteiger charge is -2.28. The summed E-state index contributed by atoms with van der Waals surface area (Å²) in [5.41, 5.74) is -0.467. The molecular formula is C14H22N2O3. The third-order valence-electron chi connectivity index (χ3n) is 3.69. The van der Waals surface area contributed by atoms with Crippen LogP contribution in [0.15, 0.2) is 10.6 Å². The number of carbonyl (C=O) groups excluding carboxylic acids is 1. The van der Waals surface area contributed by atoms with Crippen molar-refractivity contribution in [2.75, 3.05) is 6.61 Å². The number of carbonyl (C=O) groups is 1. The Hall–Kier alpha value is -1.36. The van der Waals surface area contributed by atoms with Crippen molar-refractivity contribution >= 4 is 5.91 Å². The predicted octanol–water partition coefficient (Wildman–Crippen LogP) is 1.86. The molecule has 1 saturated carbocycles.